The Bertz CT molecular complexity index is 1150. The second kappa shape index (κ2) is 12.4. The first kappa shape index (κ1) is 25.6. The fourth-order valence-electron chi connectivity index (χ4n) is 4.80. The van der Waals surface area contributed by atoms with Crippen molar-refractivity contribution in [3.8, 4) is 0 Å². The van der Waals surface area contributed by atoms with Crippen molar-refractivity contribution in [3.05, 3.63) is 78.1 Å². The van der Waals surface area contributed by atoms with Crippen LogP contribution in [0.5, 0.6) is 0 Å². The van der Waals surface area contributed by atoms with Gasteiger partial charge in [0.15, 0.2) is 0 Å². The van der Waals surface area contributed by atoms with Gasteiger partial charge in [-0.15, -0.1) is 0 Å². The van der Waals surface area contributed by atoms with Crippen molar-refractivity contribution in [1.29, 1.82) is 0 Å². The topological polar surface area (TPSA) is 74.6 Å². The number of rotatable bonds is 5. The van der Waals surface area contributed by atoms with Crippen LogP contribution in [-0.4, -0.2) is 62.3 Å². The number of aromatic nitrogens is 3. The number of imidazole rings is 1. The highest BCUT2D eigenvalue weighted by Gasteiger charge is 2.21. The Hall–Kier alpha value is -3.52. The molecule has 0 saturated heterocycles. The Balaban J connectivity index is 1.55. The van der Waals surface area contributed by atoms with E-state index in [1.807, 2.05) is 76.1 Å². The zero-order chi connectivity index (χ0) is 25.3. The van der Waals surface area contributed by atoms with E-state index in [0.29, 0.717) is 32.6 Å². The molecule has 2 aromatic heterocycles. The van der Waals surface area contributed by atoms with Gasteiger partial charge in [-0.1, -0.05) is 24.3 Å². The molecule has 0 spiro atoms. The molecule has 0 aliphatic carbocycles. The average Bonchev–Trinajstić information content (AvgIpc) is 3.29. The Morgan fingerprint density at radius 2 is 1.69 bits per heavy atom. The zero-order valence-electron chi connectivity index (χ0n) is 21.3. The van der Waals surface area contributed by atoms with Crippen LogP contribution >= 0.6 is 0 Å². The molecule has 190 valence electrons. The minimum absolute atomic E-state index is 0.0178. The number of hydrogen-bond acceptors (Lipinski definition) is 5. The smallest absolute Gasteiger partial charge is 0.224 e. The lowest BCUT2D eigenvalue weighted by Gasteiger charge is -2.31. The number of amides is 2. The molecular weight excluding hydrogens is 452 g/mol. The van der Waals surface area contributed by atoms with Crippen LogP contribution in [-0.2, 0) is 29.2 Å². The number of carbonyl (C=O) groups excluding carboxylic acids is 2. The van der Waals surface area contributed by atoms with Crippen LogP contribution in [0, 0.1) is 6.92 Å². The molecule has 1 aromatic carbocycles. The van der Waals surface area contributed by atoms with E-state index in [1.165, 1.54) is 0 Å². The molecule has 0 bridgehead atoms. The van der Waals surface area contributed by atoms with E-state index in [9.17, 15) is 9.59 Å². The molecule has 8 heteroatoms. The van der Waals surface area contributed by atoms with E-state index >= 15 is 0 Å². The first-order valence-electron chi connectivity index (χ1n) is 12.7. The van der Waals surface area contributed by atoms with Gasteiger partial charge in [0.05, 0.1) is 5.69 Å². The standard InChI is InChI=1S/C28H36N6O2/c1-23-29-14-20-32(23)19-12-28(36)33-17-7-15-31(22-26-10-5-6-13-30-26)16-8-18-34(24(2)35)27-11-4-3-9-25(27)21-33/h3-6,9-11,13-14,20H,7-8,12,15-19,21-22H2,1-2H3. The monoisotopic (exact) mass is 488 g/mol. The molecule has 4 rings (SSSR count). The molecule has 2 amide bonds. The summed E-state index contributed by atoms with van der Waals surface area (Å²) in [7, 11) is 0. The molecule has 0 N–H and O–H groups in total. The number of carbonyl (C=O) groups is 2. The van der Waals surface area contributed by atoms with Crippen molar-refractivity contribution in [1.82, 2.24) is 24.3 Å². The van der Waals surface area contributed by atoms with Crippen LogP contribution in [0.4, 0.5) is 5.69 Å². The SMILES string of the molecule is CC(=O)N1CCCN(Cc2ccccn2)CCCN(C(=O)CCn2ccnc2C)Cc2ccccc21. The van der Waals surface area contributed by atoms with Crippen LogP contribution in [0.1, 0.15) is 43.3 Å². The summed E-state index contributed by atoms with van der Waals surface area (Å²) in [6.07, 6.45) is 7.65. The lowest BCUT2D eigenvalue weighted by molar-refractivity contribution is -0.132. The van der Waals surface area contributed by atoms with E-state index < -0.39 is 0 Å². The summed E-state index contributed by atoms with van der Waals surface area (Å²) < 4.78 is 2.01. The minimum atomic E-state index is 0.0178. The number of aryl methyl sites for hydroxylation is 2. The fraction of sp³-hybridized carbons (Fsp3) is 0.429. The van der Waals surface area contributed by atoms with Gasteiger partial charge < -0.3 is 14.4 Å². The average molecular weight is 489 g/mol. The molecule has 0 saturated carbocycles. The van der Waals surface area contributed by atoms with Crippen LogP contribution in [0.3, 0.4) is 0 Å². The van der Waals surface area contributed by atoms with E-state index in [1.54, 1.807) is 13.1 Å². The van der Waals surface area contributed by atoms with Gasteiger partial charge in [0.25, 0.3) is 0 Å². The maximum absolute atomic E-state index is 13.4. The molecule has 1 aliphatic rings. The number of benzene rings is 1. The minimum Gasteiger partial charge on any atom is -0.338 e. The van der Waals surface area contributed by atoms with Gasteiger partial charge in [0, 0.05) is 83.4 Å². The molecule has 0 fully saturated rings. The first-order chi connectivity index (χ1) is 17.5. The molecule has 3 heterocycles. The summed E-state index contributed by atoms with van der Waals surface area (Å²) >= 11 is 0. The highest BCUT2D eigenvalue weighted by atomic mass is 16.2. The van der Waals surface area contributed by atoms with Gasteiger partial charge in [-0.3, -0.25) is 19.5 Å². The lowest BCUT2D eigenvalue weighted by atomic mass is 10.1. The molecule has 3 aromatic rings. The van der Waals surface area contributed by atoms with Gasteiger partial charge in [0.2, 0.25) is 11.8 Å². The molecular formula is C28H36N6O2. The second-order valence-electron chi connectivity index (χ2n) is 9.34. The zero-order valence-corrected chi connectivity index (χ0v) is 21.3. The van der Waals surface area contributed by atoms with Crippen molar-refractivity contribution >= 4 is 17.5 Å². The molecule has 8 nitrogen and oxygen atoms in total. The maximum atomic E-state index is 13.4. The van der Waals surface area contributed by atoms with Crippen molar-refractivity contribution in [3.63, 3.8) is 0 Å². The molecule has 36 heavy (non-hydrogen) atoms. The number of pyridine rings is 1. The van der Waals surface area contributed by atoms with E-state index in [2.05, 4.69) is 14.9 Å². The number of fused-ring (bicyclic) bond motifs is 1. The normalized spacial score (nSPS) is 15.6. The van der Waals surface area contributed by atoms with Crippen LogP contribution in [0.25, 0.3) is 0 Å². The first-order valence-corrected chi connectivity index (χ1v) is 12.7. The number of nitrogens with zero attached hydrogens (tertiary/aromatic N) is 6. The van der Waals surface area contributed by atoms with E-state index in [0.717, 1.165) is 55.2 Å². The van der Waals surface area contributed by atoms with Gasteiger partial charge in [-0.05, 0) is 43.5 Å². The van der Waals surface area contributed by atoms with Gasteiger partial charge >= 0.3 is 0 Å². The summed E-state index contributed by atoms with van der Waals surface area (Å²) in [6, 6.07) is 13.9. The van der Waals surface area contributed by atoms with Gasteiger partial charge in [0.1, 0.15) is 5.82 Å². The Labute approximate surface area is 213 Å². The largest absolute Gasteiger partial charge is 0.338 e. The predicted molar refractivity (Wildman–Crippen MR) is 140 cm³/mol. The van der Waals surface area contributed by atoms with Crippen molar-refractivity contribution in [2.24, 2.45) is 0 Å². The van der Waals surface area contributed by atoms with Crippen molar-refractivity contribution in [2.45, 2.75) is 52.7 Å². The third kappa shape index (κ3) is 6.79. The highest BCUT2D eigenvalue weighted by Crippen LogP contribution is 2.24. The van der Waals surface area contributed by atoms with E-state index in [-0.39, 0.29) is 11.8 Å². The molecule has 0 unspecified atom stereocenters. The fourth-order valence-corrected chi connectivity index (χ4v) is 4.80. The molecule has 0 atom stereocenters. The Kier molecular flexibility index (Phi) is 8.84. The Morgan fingerprint density at radius 3 is 2.42 bits per heavy atom. The lowest BCUT2D eigenvalue weighted by Crippen LogP contribution is -2.38. The number of anilines is 1. The van der Waals surface area contributed by atoms with Crippen molar-refractivity contribution in [2.75, 3.05) is 31.1 Å². The summed E-state index contributed by atoms with van der Waals surface area (Å²) in [4.78, 5) is 41.0. The third-order valence-corrected chi connectivity index (χ3v) is 6.74. The molecule has 1 aliphatic heterocycles. The van der Waals surface area contributed by atoms with Crippen LogP contribution in [0.15, 0.2) is 61.1 Å². The second-order valence-corrected chi connectivity index (χ2v) is 9.34. The van der Waals surface area contributed by atoms with Gasteiger partial charge in [-0.2, -0.15) is 0 Å². The molecule has 0 radical (unpaired) electrons. The number of hydrogen-bond donors (Lipinski definition) is 0. The third-order valence-electron chi connectivity index (χ3n) is 6.74. The highest BCUT2D eigenvalue weighted by molar-refractivity contribution is 5.92. The summed E-state index contributed by atoms with van der Waals surface area (Å²) in [6.45, 7) is 8.43. The van der Waals surface area contributed by atoms with Crippen LogP contribution < -0.4 is 4.90 Å². The predicted octanol–water partition coefficient (Wildman–Crippen LogP) is 3.65. The summed E-state index contributed by atoms with van der Waals surface area (Å²) in [5.74, 6) is 1.04. The van der Waals surface area contributed by atoms with Crippen LogP contribution in [0.2, 0.25) is 0 Å². The quantitative estimate of drug-likeness (QED) is 0.548. The van der Waals surface area contributed by atoms with E-state index in [4.69, 9.17) is 0 Å². The van der Waals surface area contributed by atoms with Gasteiger partial charge in [-0.25, -0.2) is 4.98 Å². The van der Waals surface area contributed by atoms with Crippen molar-refractivity contribution < 1.29 is 9.59 Å². The maximum Gasteiger partial charge on any atom is 0.224 e. The summed E-state index contributed by atoms with van der Waals surface area (Å²) in [5.41, 5.74) is 2.93. The summed E-state index contributed by atoms with van der Waals surface area (Å²) in [5, 5.41) is 0. The Morgan fingerprint density at radius 1 is 0.917 bits per heavy atom. The number of para-hydroxylation sites is 1.